The van der Waals surface area contributed by atoms with Crippen molar-refractivity contribution in [2.24, 2.45) is 5.92 Å². The zero-order valence-corrected chi connectivity index (χ0v) is 26.5. The summed E-state index contributed by atoms with van der Waals surface area (Å²) in [6.45, 7) is -1.92. The van der Waals surface area contributed by atoms with E-state index in [0.717, 1.165) is 17.4 Å². The summed E-state index contributed by atoms with van der Waals surface area (Å²) in [5.74, 6) is -3.69. The molecule has 23 nitrogen and oxygen atoms in total. The normalized spacial score (nSPS) is 32.5. The number of rotatable bonds is 14. The highest BCUT2D eigenvalue weighted by Gasteiger charge is 2.48. The van der Waals surface area contributed by atoms with Gasteiger partial charge in [0, 0.05) is 30.3 Å². The molecule has 3 unspecified atom stereocenters. The topological polar surface area (TPSA) is 346 Å². The Bertz CT molecular complexity index is 1760. The van der Waals surface area contributed by atoms with Crippen molar-refractivity contribution in [3.05, 3.63) is 36.7 Å². The number of allylic oxidation sites excluding steroid dienone is 2. The van der Waals surface area contributed by atoms with Gasteiger partial charge in [0.05, 0.1) is 19.5 Å². The van der Waals surface area contributed by atoms with E-state index in [2.05, 4.69) is 23.8 Å². The Balaban J connectivity index is 1.14. The third-order valence-corrected chi connectivity index (χ3v) is 10.2. The Kier molecular flexibility index (Phi) is 10.8. The summed E-state index contributed by atoms with van der Waals surface area (Å²) in [6.07, 6.45) is -6.61. The maximum Gasteiger partial charge on any atom is 0.481 e. The SMILES string of the molecule is Nc1ncnc2c1ncn2[C@@H]1O[C@H](COP(=O)(O)OP(=O)(O)OC[C@H]2O[C@@H](N3C=CC(CC(=O)C(=O)O)C(C=O)=C3)[C@H](O)[C@@H]2O)[C@@H](O)[C@H]1O. The van der Waals surface area contributed by atoms with E-state index in [-0.39, 0.29) is 22.6 Å². The van der Waals surface area contributed by atoms with Gasteiger partial charge in [0.1, 0.15) is 54.8 Å². The zero-order valence-electron chi connectivity index (χ0n) is 24.7. The van der Waals surface area contributed by atoms with Crippen LogP contribution in [0.3, 0.4) is 0 Å². The van der Waals surface area contributed by atoms with Crippen LogP contribution < -0.4 is 5.73 Å². The van der Waals surface area contributed by atoms with E-state index in [1.54, 1.807) is 0 Å². The summed E-state index contributed by atoms with van der Waals surface area (Å²) in [5, 5.41) is 50.7. The van der Waals surface area contributed by atoms with Crippen molar-refractivity contribution in [3.8, 4) is 0 Å². The molecule has 5 rings (SSSR count). The fourth-order valence-corrected chi connectivity index (χ4v) is 7.24. The number of carbonyl (C=O) groups is 3. The van der Waals surface area contributed by atoms with Gasteiger partial charge in [-0.3, -0.25) is 23.2 Å². The number of hydrogen-bond donors (Lipinski definition) is 8. The molecule has 268 valence electrons. The highest BCUT2D eigenvalue weighted by molar-refractivity contribution is 7.61. The van der Waals surface area contributed by atoms with Crippen LogP contribution in [0.25, 0.3) is 11.2 Å². The first-order valence-corrected chi connectivity index (χ1v) is 17.0. The number of fused-ring (bicyclic) bond motifs is 1. The Hall–Kier alpha value is -3.54. The van der Waals surface area contributed by atoms with Crippen LogP contribution in [0, 0.1) is 5.92 Å². The molecule has 11 atom stereocenters. The second-order valence-electron chi connectivity index (χ2n) is 10.9. The Morgan fingerprint density at radius 2 is 1.53 bits per heavy atom. The molecule has 49 heavy (non-hydrogen) atoms. The number of imidazole rings is 1. The van der Waals surface area contributed by atoms with Crippen molar-refractivity contribution in [3.63, 3.8) is 0 Å². The molecule has 0 amide bonds. The first-order valence-electron chi connectivity index (χ1n) is 14.0. The summed E-state index contributed by atoms with van der Waals surface area (Å²) in [5.41, 5.74) is 6.01. The van der Waals surface area contributed by atoms with Gasteiger partial charge in [0.2, 0.25) is 5.78 Å². The fraction of sp³-hybridized carbons (Fsp3) is 0.500. The third kappa shape index (κ3) is 7.94. The lowest BCUT2D eigenvalue weighted by atomic mass is 9.93. The number of nitrogen functional groups attached to an aromatic ring is 1. The van der Waals surface area contributed by atoms with Gasteiger partial charge >= 0.3 is 21.6 Å². The number of anilines is 1. The molecule has 2 fully saturated rings. The van der Waals surface area contributed by atoms with Crippen molar-refractivity contribution in [1.82, 2.24) is 24.4 Å². The third-order valence-electron chi connectivity index (χ3n) is 7.64. The van der Waals surface area contributed by atoms with Crippen LogP contribution in [0.15, 0.2) is 36.7 Å². The fourth-order valence-electron chi connectivity index (χ4n) is 5.15. The van der Waals surface area contributed by atoms with Crippen LogP contribution in [0.1, 0.15) is 12.6 Å². The van der Waals surface area contributed by atoms with Gasteiger partial charge in [0.25, 0.3) is 0 Å². The van der Waals surface area contributed by atoms with E-state index in [4.69, 9.17) is 24.8 Å². The molecule has 0 aliphatic carbocycles. The quantitative estimate of drug-likeness (QED) is 0.0555. The molecule has 3 aliphatic rings. The van der Waals surface area contributed by atoms with Crippen molar-refractivity contribution in [2.45, 2.75) is 55.5 Å². The van der Waals surface area contributed by atoms with Crippen LogP contribution in [0.2, 0.25) is 0 Å². The number of phosphoric ester groups is 2. The van der Waals surface area contributed by atoms with Gasteiger partial charge in [-0.2, -0.15) is 4.31 Å². The maximum absolute atomic E-state index is 12.5. The number of nitrogens with two attached hydrogens (primary N) is 1. The van der Waals surface area contributed by atoms with Gasteiger partial charge < -0.3 is 55.4 Å². The van der Waals surface area contributed by atoms with Crippen molar-refractivity contribution >= 4 is 50.7 Å². The zero-order chi connectivity index (χ0) is 35.8. The average Bonchev–Trinajstić information content (AvgIpc) is 3.69. The summed E-state index contributed by atoms with van der Waals surface area (Å²) in [4.78, 5) is 67.1. The lowest BCUT2D eigenvalue weighted by Crippen LogP contribution is -2.40. The molecule has 0 spiro atoms. The Labute approximate surface area is 274 Å². The number of ether oxygens (including phenoxy) is 2. The molecule has 25 heteroatoms. The standard InChI is InChI=1S/C24H30N6O17P2/c25-20-15-21(27-8-26-20)30(9-28-15)23-19(36)17(34)14(46-23)7-44-49(41,42)47-48(39,40)43-6-13-16(33)18(35)22(45-13)29-2-1-10(11(4-29)5-31)3-12(32)24(37)38/h1-2,4-5,8-10,13-14,16-19,22-23,33-36H,3,6-7H2,(H,37,38)(H,39,40)(H,41,42)(H2,25,26,27)/t10?,13-,14-,16-,17-,18-,19-,22-,23-/m1/s1. The summed E-state index contributed by atoms with van der Waals surface area (Å²) in [7, 11) is -10.9. The van der Waals surface area contributed by atoms with Gasteiger partial charge in [-0.1, -0.05) is 6.08 Å². The van der Waals surface area contributed by atoms with Gasteiger partial charge in [-0.05, 0) is 0 Å². The first kappa shape index (κ1) is 36.7. The number of carboxylic acids is 1. The average molecular weight is 736 g/mol. The molecule has 2 aromatic rings. The predicted octanol–water partition coefficient (Wildman–Crippen LogP) is -2.70. The highest BCUT2D eigenvalue weighted by Crippen LogP contribution is 2.60. The van der Waals surface area contributed by atoms with Gasteiger partial charge in [-0.25, -0.2) is 28.9 Å². The lowest BCUT2D eigenvalue weighted by Gasteiger charge is -2.30. The van der Waals surface area contributed by atoms with E-state index >= 15 is 0 Å². The van der Waals surface area contributed by atoms with Crippen molar-refractivity contribution in [2.75, 3.05) is 18.9 Å². The number of carbonyl (C=O) groups excluding carboxylic acids is 2. The minimum atomic E-state index is -5.45. The molecule has 2 aromatic heterocycles. The molecule has 0 radical (unpaired) electrons. The number of aliphatic hydroxyl groups is 4. The number of aliphatic hydroxyl groups excluding tert-OH is 4. The molecule has 0 aromatic carbocycles. The molecule has 5 heterocycles. The Morgan fingerprint density at radius 1 is 0.939 bits per heavy atom. The molecule has 0 bridgehead atoms. The van der Waals surface area contributed by atoms with Crippen molar-refractivity contribution < 1.29 is 81.7 Å². The maximum atomic E-state index is 12.5. The number of phosphoric acid groups is 2. The van der Waals surface area contributed by atoms with Crippen LogP contribution in [0.4, 0.5) is 5.82 Å². The molecule has 2 saturated heterocycles. The van der Waals surface area contributed by atoms with Crippen molar-refractivity contribution in [1.29, 1.82) is 0 Å². The smallest absolute Gasteiger partial charge is 0.476 e. The summed E-state index contributed by atoms with van der Waals surface area (Å²) >= 11 is 0. The predicted molar refractivity (Wildman–Crippen MR) is 155 cm³/mol. The number of aromatic nitrogens is 4. The molecule has 0 saturated carbocycles. The minimum Gasteiger partial charge on any atom is -0.476 e. The first-order chi connectivity index (χ1) is 23.0. The van der Waals surface area contributed by atoms with E-state index in [0.29, 0.717) is 6.29 Å². The van der Waals surface area contributed by atoms with Gasteiger partial charge in [0.15, 0.2) is 23.9 Å². The number of aldehydes is 1. The number of nitrogens with zero attached hydrogens (tertiary/aromatic N) is 5. The number of aliphatic carboxylic acids is 1. The van der Waals surface area contributed by atoms with E-state index in [9.17, 15) is 53.7 Å². The van der Waals surface area contributed by atoms with Crippen LogP contribution in [-0.2, 0) is 46.3 Å². The lowest BCUT2D eigenvalue weighted by molar-refractivity contribution is -0.149. The largest absolute Gasteiger partial charge is 0.481 e. The summed E-state index contributed by atoms with van der Waals surface area (Å²) < 4.78 is 50.9. The molecule has 3 aliphatic heterocycles. The van der Waals surface area contributed by atoms with E-state index in [1.807, 2.05) is 0 Å². The van der Waals surface area contributed by atoms with Crippen LogP contribution in [0.5, 0.6) is 0 Å². The highest BCUT2D eigenvalue weighted by atomic mass is 31.3. The van der Waals surface area contributed by atoms with E-state index in [1.165, 1.54) is 23.2 Å². The van der Waals surface area contributed by atoms with Crippen LogP contribution in [-0.4, -0.2) is 134 Å². The monoisotopic (exact) mass is 736 g/mol. The number of carboxylic acid groups (broad SMARTS) is 1. The van der Waals surface area contributed by atoms with Crippen LogP contribution >= 0.6 is 15.6 Å². The molecular weight excluding hydrogens is 706 g/mol. The molecular formula is C24H30N6O17P2. The Morgan fingerprint density at radius 3 is 2.12 bits per heavy atom. The van der Waals surface area contributed by atoms with E-state index < -0.39 is 102 Å². The minimum absolute atomic E-state index is 0.0317. The summed E-state index contributed by atoms with van der Waals surface area (Å²) in [6, 6.07) is 0. The van der Waals surface area contributed by atoms with Gasteiger partial charge in [-0.15, -0.1) is 0 Å². The number of ketones is 1. The number of hydrogen-bond acceptors (Lipinski definition) is 19. The second kappa shape index (κ2) is 14.4. The number of Topliss-reactive ketones (excluding diaryl/α,β-unsaturated/α-hetero) is 1. The second-order valence-corrected chi connectivity index (χ2v) is 13.9. The molecule has 9 N–H and O–H groups in total.